The maximum absolute atomic E-state index is 5.69. The molecular weight excluding hydrogens is 250 g/mol. The number of rotatable bonds is 5. The second-order valence-corrected chi connectivity index (χ2v) is 4.69. The highest BCUT2D eigenvalue weighted by atomic mass is 35.5. The zero-order valence-electron chi connectivity index (χ0n) is 11.1. The second kappa shape index (κ2) is 7.71. The number of nitrogens with zero attached hydrogens (tertiary/aromatic N) is 4. The van der Waals surface area contributed by atoms with Gasteiger partial charge in [0.2, 0.25) is 0 Å². The van der Waals surface area contributed by atoms with Gasteiger partial charge in [-0.05, 0) is 39.3 Å². The van der Waals surface area contributed by atoms with Crippen LogP contribution >= 0.6 is 12.4 Å². The Morgan fingerprint density at radius 2 is 2.28 bits per heavy atom. The van der Waals surface area contributed by atoms with E-state index in [-0.39, 0.29) is 12.4 Å². The molecule has 0 spiro atoms. The van der Waals surface area contributed by atoms with Crippen molar-refractivity contribution in [3.8, 4) is 0 Å². The molecule has 1 aromatic heterocycles. The lowest BCUT2D eigenvalue weighted by Gasteiger charge is -2.35. The van der Waals surface area contributed by atoms with Crippen molar-refractivity contribution >= 4 is 12.4 Å². The number of piperidine rings is 1. The highest BCUT2D eigenvalue weighted by Gasteiger charge is 2.22. The molecule has 0 aliphatic carbocycles. The molecule has 2 rings (SSSR count). The van der Waals surface area contributed by atoms with Crippen LogP contribution in [-0.4, -0.2) is 38.8 Å². The van der Waals surface area contributed by atoms with Crippen LogP contribution < -0.4 is 5.73 Å². The summed E-state index contributed by atoms with van der Waals surface area (Å²) in [5.41, 5.74) is 5.69. The molecule has 0 radical (unpaired) electrons. The second-order valence-electron chi connectivity index (χ2n) is 4.69. The number of hydrogen-bond donors (Lipinski definition) is 1. The third kappa shape index (κ3) is 3.67. The van der Waals surface area contributed by atoms with Crippen molar-refractivity contribution in [2.24, 2.45) is 5.73 Å². The van der Waals surface area contributed by atoms with Crippen molar-refractivity contribution in [3.05, 3.63) is 12.2 Å². The number of nitrogens with two attached hydrogens (primary N) is 1. The Morgan fingerprint density at radius 1 is 1.44 bits per heavy atom. The van der Waals surface area contributed by atoms with Gasteiger partial charge in [-0.2, -0.15) is 5.10 Å². The Morgan fingerprint density at radius 3 is 3.00 bits per heavy atom. The maximum atomic E-state index is 5.69. The monoisotopic (exact) mass is 273 g/mol. The molecule has 1 aliphatic rings. The Balaban J connectivity index is 0.00000162. The minimum absolute atomic E-state index is 0. The minimum Gasteiger partial charge on any atom is -0.330 e. The summed E-state index contributed by atoms with van der Waals surface area (Å²) in [4.78, 5) is 6.87. The Labute approximate surface area is 115 Å². The summed E-state index contributed by atoms with van der Waals surface area (Å²) in [7, 11) is 0. The largest absolute Gasteiger partial charge is 0.330 e. The molecule has 0 aromatic carbocycles. The predicted octanol–water partition coefficient (Wildman–Crippen LogP) is 1.42. The summed E-state index contributed by atoms with van der Waals surface area (Å²) in [5.74, 6) is 1.08. The fourth-order valence-electron chi connectivity index (χ4n) is 2.64. The molecule has 0 bridgehead atoms. The molecule has 104 valence electrons. The van der Waals surface area contributed by atoms with Crippen LogP contribution in [0.3, 0.4) is 0 Å². The topological polar surface area (TPSA) is 60.0 Å². The maximum Gasteiger partial charge on any atom is 0.141 e. The number of halogens is 1. The van der Waals surface area contributed by atoms with Crippen LogP contribution in [0.1, 0.15) is 38.4 Å². The zero-order chi connectivity index (χ0) is 12.1. The first-order valence-corrected chi connectivity index (χ1v) is 6.66. The third-order valence-corrected chi connectivity index (χ3v) is 3.59. The lowest BCUT2D eigenvalue weighted by molar-refractivity contribution is 0.128. The first kappa shape index (κ1) is 15.4. The lowest BCUT2D eigenvalue weighted by atomic mass is 9.99. The molecule has 1 saturated heterocycles. The molecular formula is C12H24ClN5. The van der Waals surface area contributed by atoms with E-state index in [2.05, 4.69) is 21.9 Å². The highest BCUT2D eigenvalue weighted by Crippen LogP contribution is 2.20. The quantitative estimate of drug-likeness (QED) is 0.882. The van der Waals surface area contributed by atoms with Crippen LogP contribution in [0.2, 0.25) is 0 Å². The van der Waals surface area contributed by atoms with Crippen molar-refractivity contribution in [2.75, 3.05) is 13.1 Å². The third-order valence-electron chi connectivity index (χ3n) is 3.59. The van der Waals surface area contributed by atoms with Gasteiger partial charge in [-0.1, -0.05) is 6.42 Å². The highest BCUT2D eigenvalue weighted by molar-refractivity contribution is 5.85. The van der Waals surface area contributed by atoms with Crippen molar-refractivity contribution in [2.45, 2.75) is 51.7 Å². The standard InChI is InChI=1S/C12H23N5.ClH/c1-2-17-12(14-10-15-17)9-16-8-4-3-5-11(16)6-7-13;/h10-11H,2-9,13H2,1H3;1H. The Bertz CT molecular complexity index is 339. The molecule has 1 fully saturated rings. The molecule has 0 amide bonds. The van der Waals surface area contributed by atoms with E-state index >= 15 is 0 Å². The van der Waals surface area contributed by atoms with E-state index in [1.807, 2.05) is 4.68 Å². The van der Waals surface area contributed by atoms with Gasteiger partial charge >= 0.3 is 0 Å². The van der Waals surface area contributed by atoms with E-state index in [1.54, 1.807) is 6.33 Å². The van der Waals surface area contributed by atoms with Gasteiger partial charge in [-0.3, -0.25) is 4.90 Å². The number of likely N-dealkylation sites (tertiary alicyclic amines) is 1. The van der Waals surface area contributed by atoms with Gasteiger partial charge < -0.3 is 5.73 Å². The SMILES string of the molecule is CCn1ncnc1CN1CCCCC1CCN.Cl. The van der Waals surface area contributed by atoms with E-state index in [9.17, 15) is 0 Å². The van der Waals surface area contributed by atoms with E-state index in [4.69, 9.17) is 5.73 Å². The van der Waals surface area contributed by atoms with E-state index in [0.717, 1.165) is 31.9 Å². The molecule has 5 nitrogen and oxygen atoms in total. The summed E-state index contributed by atoms with van der Waals surface area (Å²) in [5, 5.41) is 4.23. The van der Waals surface area contributed by atoms with Crippen molar-refractivity contribution in [1.82, 2.24) is 19.7 Å². The van der Waals surface area contributed by atoms with Crippen molar-refractivity contribution < 1.29 is 0 Å². The number of hydrogen-bond acceptors (Lipinski definition) is 4. The van der Waals surface area contributed by atoms with E-state index in [0.29, 0.717) is 6.04 Å². The van der Waals surface area contributed by atoms with E-state index < -0.39 is 0 Å². The summed E-state index contributed by atoms with van der Waals surface area (Å²) in [6, 6.07) is 0.635. The lowest BCUT2D eigenvalue weighted by Crippen LogP contribution is -2.40. The fourth-order valence-corrected chi connectivity index (χ4v) is 2.64. The minimum atomic E-state index is 0. The molecule has 1 unspecified atom stereocenters. The normalized spacial score (nSPS) is 20.7. The molecule has 1 aliphatic heterocycles. The summed E-state index contributed by atoms with van der Waals surface area (Å²) < 4.78 is 1.98. The fraction of sp³-hybridized carbons (Fsp3) is 0.833. The first-order chi connectivity index (χ1) is 8.35. The van der Waals surface area contributed by atoms with Crippen LogP contribution in [0.15, 0.2) is 6.33 Å². The number of aryl methyl sites for hydroxylation is 1. The molecule has 6 heteroatoms. The van der Waals surface area contributed by atoms with Crippen LogP contribution in [0, 0.1) is 0 Å². The summed E-state index contributed by atoms with van der Waals surface area (Å²) in [6.45, 7) is 5.86. The van der Waals surface area contributed by atoms with E-state index in [1.165, 1.54) is 25.8 Å². The van der Waals surface area contributed by atoms with Gasteiger partial charge in [0.05, 0.1) is 6.54 Å². The summed E-state index contributed by atoms with van der Waals surface area (Å²) >= 11 is 0. The molecule has 2 N–H and O–H groups in total. The van der Waals surface area contributed by atoms with Gasteiger partial charge in [-0.15, -0.1) is 12.4 Å². The van der Waals surface area contributed by atoms with Crippen LogP contribution in [0.25, 0.3) is 0 Å². The smallest absolute Gasteiger partial charge is 0.141 e. The van der Waals surface area contributed by atoms with Gasteiger partial charge in [0.25, 0.3) is 0 Å². The molecule has 1 aromatic rings. The average Bonchev–Trinajstić information content (AvgIpc) is 2.79. The first-order valence-electron chi connectivity index (χ1n) is 6.66. The van der Waals surface area contributed by atoms with Crippen LogP contribution in [-0.2, 0) is 13.1 Å². The molecule has 18 heavy (non-hydrogen) atoms. The zero-order valence-corrected chi connectivity index (χ0v) is 11.9. The predicted molar refractivity (Wildman–Crippen MR) is 74.7 cm³/mol. The van der Waals surface area contributed by atoms with Crippen molar-refractivity contribution in [1.29, 1.82) is 0 Å². The van der Waals surface area contributed by atoms with Gasteiger partial charge in [0, 0.05) is 12.6 Å². The molecule has 1 atom stereocenters. The van der Waals surface area contributed by atoms with Crippen LogP contribution in [0.5, 0.6) is 0 Å². The van der Waals surface area contributed by atoms with Crippen LogP contribution in [0.4, 0.5) is 0 Å². The number of aromatic nitrogens is 3. The Hall–Kier alpha value is -0.650. The van der Waals surface area contributed by atoms with Gasteiger partial charge in [-0.25, -0.2) is 9.67 Å². The summed E-state index contributed by atoms with van der Waals surface area (Å²) in [6.07, 6.45) is 6.65. The van der Waals surface area contributed by atoms with Gasteiger partial charge in [0.1, 0.15) is 12.2 Å². The van der Waals surface area contributed by atoms with Gasteiger partial charge in [0.15, 0.2) is 0 Å². The average molecular weight is 274 g/mol. The molecule has 0 saturated carbocycles. The molecule has 2 heterocycles. The Kier molecular flexibility index (Phi) is 6.60. The van der Waals surface area contributed by atoms with Crippen molar-refractivity contribution in [3.63, 3.8) is 0 Å².